The minimum atomic E-state index is 0.202. The van der Waals surface area contributed by atoms with Crippen molar-refractivity contribution in [3.05, 3.63) is 35.4 Å². The molecule has 0 heterocycles. The molecular formula is C17H25Cl. The van der Waals surface area contributed by atoms with Crippen LogP contribution in [0.15, 0.2) is 24.3 Å². The van der Waals surface area contributed by atoms with Crippen LogP contribution in [0.25, 0.3) is 0 Å². The van der Waals surface area contributed by atoms with Crippen molar-refractivity contribution in [3.8, 4) is 0 Å². The zero-order valence-corrected chi connectivity index (χ0v) is 12.6. The van der Waals surface area contributed by atoms with E-state index in [4.69, 9.17) is 11.6 Å². The summed E-state index contributed by atoms with van der Waals surface area (Å²) in [6.45, 7) is 6.64. The Kier molecular flexibility index (Phi) is 4.37. The van der Waals surface area contributed by atoms with Crippen molar-refractivity contribution in [1.29, 1.82) is 0 Å². The quantitative estimate of drug-likeness (QED) is 0.627. The molecule has 0 amide bonds. The normalized spacial score (nSPS) is 18.4. The van der Waals surface area contributed by atoms with Gasteiger partial charge in [0.1, 0.15) is 0 Å². The van der Waals surface area contributed by atoms with Gasteiger partial charge in [0, 0.05) is 5.38 Å². The molecule has 1 unspecified atom stereocenters. The summed E-state index contributed by atoms with van der Waals surface area (Å²) < 4.78 is 0. The average Bonchev–Trinajstić information content (AvgIpc) is 2.24. The molecule has 0 radical (unpaired) electrons. The highest BCUT2D eigenvalue weighted by molar-refractivity contribution is 6.21. The highest BCUT2D eigenvalue weighted by atomic mass is 35.5. The lowest BCUT2D eigenvalue weighted by atomic mass is 9.80. The van der Waals surface area contributed by atoms with Gasteiger partial charge >= 0.3 is 0 Å². The molecule has 2 rings (SSSR count). The van der Waals surface area contributed by atoms with Gasteiger partial charge in [-0.05, 0) is 48.1 Å². The van der Waals surface area contributed by atoms with Gasteiger partial charge in [0.05, 0.1) is 0 Å². The van der Waals surface area contributed by atoms with Crippen molar-refractivity contribution in [2.24, 2.45) is 5.41 Å². The fraction of sp³-hybridized carbons (Fsp3) is 0.647. The largest absolute Gasteiger partial charge is 0.122 e. The van der Waals surface area contributed by atoms with E-state index in [9.17, 15) is 0 Å². The molecule has 1 aromatic rings. The van der Waals surface area contributed by atoms with E-state index in [1.165, 1.54) is 30.4 Å². The molecule has 0 aromatic heterocycles. The average molecular weight is 265 g/mol. The van der Waals surface area contributed by atoms with E-state index in [-0.39, 0.29) is 10.8 Å². The lowest BCUT2D eigenvalue weighted by molar-refractivity contribution is 0.374. The molecule has 1 aromatic carbocycles. The third-order valence-corrected chi connectivity index (χ3v) is 5.06. The van der Waals surface area contributed by atoms with E-state index >= 15 is 0 Å². The predicted octanol–water partition coefficient (Wildman–Crippen LogP) is 5.54. The molecule has 1 atom stereocenters. The Hall–Kier alpha value is -0.490. The van der Waals surface area contributed by atoms with Gasteiger partial charge in [0.15, 0.2) is 0 Å². The molecule has 1 saturated carbocycles. The number of hydrogen-bond donors (Lipinski definition) is 0. The third kappa shape index (κ3) is 3.51. The zero-order valence-electron chi connectivity index (χ0n) is 11.9. The van der Waals surface area contributed by atoms with Crippen LogP contribution in [0.4, 0.5) is 0 Å². The van der Waals surface area contributed by atoms with Crippen LogP contribution in [0.1, 0.15) is 63.5 Å². The second-order valence-corrected chi connectivity index (χ2v) is 7.27. The van der Waals surface area contributed by atoms with Crippen molar-refractivity contribution in [2.45, 2.75) is 64.2 Å². The summed E-state index contributed by atoms with van der Waals surface area (Å²) in [7, 11) is 0. The van der Waals surface area contributed by atoms with Crippen molar-refractivity contribution < 1.29 is 0 Å². The topological polar surface area (TPSA) is 0 Å². The summed E-state index contributed by atoms with van der Waals surface area (Å²) in [6, 6.07) is 9.22. The Morgan fingerprint density at radius 2 is 1.78 bits per heavy atom. The van der Waals surface area contributed by atoms with Crippen molar-refractivity contribution >= 4 is 11.6 Å². The molecule has 100 valence electrons. The maximum absolute atomic E-state index is 6.42. The molecule has 18 heavy (non-hydrogen) atoms. The fourth-order valence-electron chi connectivity index (χ4n) is 2.42. The first kappa shape index (κ1) is 13.9. The number of aryl methyl sites for hydroxylation is 1. The van der Waals surface area contributed by atoms with Crippen molar-refractivity contribution in [1.82, 2.24) is 0 Å². The molecular weight excluding hydrogens is 240 g/mol. The summed E-state index contributed by atoms with van der Waals surface area (Å²) in [4.78, 5) is 0. The highest BCUT2D eigenvalue weighted by Gasteiger charge is 2.22. The van der Waals surface area contributed by atoms with Crippen LogP contribution >= 0.6 is 11.6 Å². The number of benzene rings is 1. The van der Waals surface area contributed by atoms with Gasteiger partial charge in [-0.3, -0.25) is 0 Å². The standard InChI is InChI=1S/C17H25Cl/c1-17(2,3)16(18)12-9-13-7-10-15(11-8-13)14-5-4-6-14/h7-8,10-11,14,16H,4-6,9,12H2,1-3H3. The van der Waals surface area contributed by atoms with E-state index in [0.717, 1.165) is 18.8 Å². The van der Waals surface area contributed by atoms with Crippen molar-refractivity contribution in [3.63, 3.8) is 0 Å². The summed E-state index contributed by atoms with van der Waals surface area (Å²) in [5.74, 6) is 0.842. The smallest absolute Gasteiger partial charge is 0.0387 e. The van der Waals surface area contributed by atoms with E-state index in [1.54, 1.807) is 0 Å². The molecule has 0 nitrogen and oxygen atoms in total. The van der Waals surface area contributed by atoms with Crippen molar-refractivity contribution in [2.75, 3.05) is 0 Å². The van der Waals surface area contributed by atoms with Crippen LogP contribution in [0.3, 0.4) is 0 Å². The first-order valence-corrected chi connectivity index (χ1v) is 7.63. The van der Waals surface area contributed by atoms with E-state index in [2.05, 4.69) is 45.0 Å². The summed E-state index contributed by atoms with van der Waals surface area (Å²) in [5.41, 5.74) is 3.16. The predicted molar refractivity (Wildman–Crippen MR) is 80.5 cm³/mol. The molecule has 0 aliphatic heterocycles. The number of rotatable bonds is 4. The molecule has 0 spiro atoms. The summed E-state index contributed by atoms with van der Waals surface area (Å²) >= 11 is 6.42. The monoisotopic (exact) mass is 264 g/mol. The first-order valence-electron chi connectivity index (χ1n) is 7.20. The van der Waals surface area contributed by atoms with Gasteiger partial charge in [0.25, 0.3) is 0 Å². The van der Waals surface area contributed by atoms with Gasteiger partial charge in [0.2, 0.25) is 0 Å². The summed E-state index contributed by atoms with van der Waals surface area (Å²) in [6.07, 6.45) is 6.33. The Balaban J connectivity index is 1.86. The van der Waals surface area contributed by atoms with Crippen LogP contribution in [-0.4, -0.2) is 5.38 Å². The Labute approximate surface area is 117 Å². The van der Waals surface area contributed by atoms with Gasteiger partial charge in [-0.15, -0.1) is 11.6 Å². The molecule has 1 aliphatic carbocycles. The Morgan fingerprint density at radius 1 is 1.17 bits per heavy atom. The Morgan fingerprint density at radius 3 is 2.22 bits per heavy atom. The van der Waals surface area contributed by atoms with Crippen LogP contribution in [-0.2, 0) is 6.42 Å². The van der Waals surface area contributed by atoms with Gasteiger partial charge < -0.3 is 0 Å². The molecule has 0 bridgehead atoms. The molecule has 0 saturated heterocycles. The number of halogens is 1. The SMILES string of the molecule is CC(C)(C)C(Cl)CCc1ccc(C2CCC2)cc1. The van der Waals surface area contributed by atoms with Crippen LogP contribution in [0.5, 0.6) is 0 Å². The minimum Gasteiger partial charge on any atom is -0.122 e. The third-order valence-electron chi connectivity index (χ3n) is 4.18. The Bertz CT molecular complexity index is 368. The molecule has 1 fully saturated rings. The minimum absolute atomic E-state index is 0.202. The zero-order chi connectivity index (χ0) is 13.2. The van der Waals surface area contributed by atoms with E-state index < -0.39 is 0 Å². The second-order valence-electron chi connectivity index (χ2n) is 6.74. The van der Waals surface area contributed by atoms with Gasteiger partial charge in [-0.25, -0.2) is 0 Å². The lowest BCUT2D eigenvalue weighted by Crippen LogP contribution is -2.21. The van der Waals surface area contributed by atoms with E-state index in [1.807, 2.05) is 0 Å². The maximum atomic E-state index is 6.42. The van der Waals surface area contributed by atoms with Gasteiger partial charge in [-0.1, -0.05) is 51.5 Å². The molecule has 1 aliphatic rings. The van der Waals surface area contributed by atoms with Crippen LogP contribution in [0.2, 0.25) is 0 Å². The molecule has 1 heteroatoms. The van der Waals surface area contributed by atoms with Gasteiger partial charge in [-0.2, -0.15) is 0 Å². The molecule has 0 N–H and O–H groups in total. The van der Waals surface area contributed by atoms with Crippen LogP contribution in [0, 0.1) is 5.41 Å². The fourth-order valence-corrected chi connectivity index (χ4v) is 2.53. The summed E-state index contributed by atoms with van der Waals surface area (Å²) in [5, 5.41) is 0.254. The second kappa shape index (κ2) is 5.65. The van der Waals surface area contributed by atoms with E-state index in [0.29, 0.717) is 0 Å². The maximum Gasteiger partial charge on any atom is 0.0387 e. The number of hydrogen-bond acceptors (Lipinski definition) is 0. The first-order chi connectivity index (χ1) is 8.47. The van der Waals surface area contributed by atoms with Crippen LogP contribution < -0.4 is 0 Å². The lowest BCUT2D eigenvalue weighted by Gasteiger charge is -2.26. The highest BCUT2D eigenvalue weighted by Crippen LogP contribution is 2.36. The number of alkyl halides is 1.